The quantitative estimate of drug-likeness (QED) is 0.582. The van der Waals surface area contributed by atoms with Gasteiger partial charge in [-0.3, -0.25) is 4.79 Å². The van der Waals surface area contributed by atoms with Crippen LogP contribution in [0.15, 0.2) is 62.0 Å². The molecule has 1 amide bonds. The van der Waals surface area contributed by atoms with Crippen molar-refractivity contribution in [2.75, 3.05) is 6.26 Å². The molecule has 25 heavy (non-hydrogen) atoms. The Bertz CT molecular complexity index is 1150. The molecule has 0 unspecified atom stereocenters. The Kier molecular flexibility index (Phi) is 4.81. The van der Waals surface area contributed by atoms with Crippen molar-refractivity contribution in [3.63, 3.8) is 0 Å². The molecule has 9 heteroatoms. The molecule has 0 bridgehead atoms. The average molecular weight is 441 g/mol. The molecule has 0 aliphatic rings. The standard InChI is InChI=1S/C16H13BrN2O4S2/c1-3-8-19-11-5-4-10(25(2,21)22)9-13(11)24-16(19)18-15(20)12-6-7-14(17)23-12/h3-7,9H,1,8H2,2H3. The fourth-order valence-corrected chi connectivity index (χ4v) is 4.35. The zero-order valence-electron chi connectivity index (χ0n) is 13.1. The molecule has 0 saturated carbocycles. The van der Waals surface area contributed by atoms with Crippen molar-refractivity contribution in [2.24, 2.45) is 4.99 Å². The lowest BCUT2D eigenvalue weighted by atomic mass is 10.3. The van der Waals surface area contributed by atoms with Crippen LogP contribution in [-0.2, 0) is 16.4 Å². The van der Waals surface area contributed by atoms with E-state index in [1.54, 1.807) is 34.9 Å². The molecule has 0 fully saturated rings. The first-order valence-corrected chi connectivity index (χ1v) is 10.6. The van der Waals surface area contributed by atoms with Crippen molar-refractivity contribution in [3.8, 4) is 0 Å². The molecule has 0 atom stereocenters. The maximum atomic E-state index is 12.3. The maximum Gasteiger partial charge on any atom is 0.315 e. The molecular formula is C16H13BrN2O4S2. The summed E-state index contributed by atoms with van der Waals surface area (Å²) in [7, 11) is -3.31. The molecule has 2 heterocycles. The minimum absolute atomic E-state index is 0.117. The van der Waals surface area contributed by atoms with E-state index in [1.165, 1.54) is 17.4 Å². The number of hydrogen-bond acceptors (Lipinski definition) is 5. The molecule has 0 N–H and O–H groups in total. The summed E-state index contributed by atoms with van der Waals surface area (Å²) in [5.41, 5.74) is 0.782. The summed E-state index contributed by atoms with van der Waals surface area (Å²) in [6.07, 6.45) is 2.84. The zero-order chi connectivity index (χ0) is 18.2. The van der Waals surface area contributed by atoms with Gasteiger partial charge in [-0.2, -0.15) is 4.99 Å². The van der Waals surface area contributed by atoms with E-state index in [0.717, 1.165) is 16.5 Å². The summed E-state index contributed by atoms with van der Waals surface area (Å²) in [4.78, 5) is 17.1. The second-order valence-corrected chi connectivity index (χ2v) is 9.01. The van der Waals surface area contributed by atoms with Gasteiger partial charge < -0.3 is 8.98 Å². The van der Waals surface area contributed by atoms with E-state index >= 15 is 0 Å². The van der Waals surface area contributed by atoms with E-state index in [1.807, 2.05) is 0 Å². The number of rotatable bonds is 4. The van der Waals surface area contributed by atoms with E-state index in [2.05, 4.69) is 27.5 Å². The molecule has 3 rings (SSSR count). The van der Waals surface area contributed by atoms with Gasteiger partial charge >= 0.3 is 5.91 Å². The number of furan rings is 1. The highest BCUT2D eigenvalue weighted by atomic mass is 79.9. The second-order valence-electron chi connectivity index (χ2n) is 5.21. The van der Waals surface area contributed by atoms with Crippen LogP contribution in [0.5, 0.6) is 0 Å². The van der Waals surface area contributed by atoms with Gasteiger partial charge in [-0.05, 0) is 46.3 Å². The number of halogens is 1. The first kappa shape index (κ1) is 17.8. The van der Waals surface area contributed by atoms with Crippen LogP contribution in [0.2, 0.25) is 0 Å². The highest BCUT2D eigenvalue weighted by Crippen LogP contribution is 2.22. The van der Waals surface area contributed by atoms with Crippen molar-refractivity contribution in [1.82, 2.24) is 4.57 Å². The topological polar surface area (TPSA) is 81.6 Å². The Morgan fingerprint density at radius 3 is 2.76 bits per heavy atom. The van der Waals surface area contributed by atoms with Gasteiger partial charge in [0.15, 0.2) is 25.1 Å². The van der Waals surface area contributed by atoms with Gasteiger partial charge in [0.05, 0.1) is 15.1 Å². The second kappa shape index (κ2) is 6.74. The van der Waals surface area contributed by atoms with E-state index in [0.29, 0.717) is 16.0 Å². The summed E-state index contributed by atoms with van der Waals surface area (Å²) < 4.78 is 31.7. The highest BCUT2D eigenvalue weighted by Gasteiger charge is 2.14. The smallest absolute Gasteiger partial charge is 0.315 e. The van der Waals surface area contributed by atoms with E-state index in [-0.39, 0.29) is 10.7 Å². The minimum atomic E-state index is -3.31. The number of sulfone groups is 1. The lowest BCUT2D eigenvalue weighted by Gasteiger charge is -2.02. The van der Waals surface area contributed by atoms with Crippen LogP contribution < -0.4 is 4.80 Å². The lowest BCUT2D eigenvalue weighted by Crippen LogP contribution is -2.16. The van der Waals surface area contributed by atoms with E-state index < -0.39 is 15.7 Å². The number of carbonyl (C=O) groups is 1. The minimum Gasteiger partial charge on any atom is -0.444 e. The Balaban J connectivity index is 2.19. The van der Waals surface area contributed by atoms with Crippen LogP contribution in [0.4, 0.5) is 0 Å². The molecule has 2 aromatic heterocycles. The van der Waals surface area contributed by atoms with Gasteiger partial charge in [0, 0.05) is 12.8 Å². The third-order valence-electron chi connectivity index (χ3n) is 3.38. The van der Waals surface area contributed by atoms with E-state index in [9.17, 15) is 13.2 Å². The number of thiazole rings is 1. The van der Waals surface area contributed by atoms with Crippen molar-refractivity contribution >= 4 is 53.2 Å². The third kappa shape index (κ3) is 3.68. The molecule has 0 saturated heterocycles. The number of aromatic nitrogens is 1. The average Bonchev–Trinajstić information content (AvgIpc) is 3.11. The van der Waals surface area contributed by atoms with Gasteiger partial charge in [0.25, 0.3) is 0 Å². The summed E-state index contributed by atoms with van der Waals surface area (Å²) in [5.74, 6) is -0.398. The lowest BCUT2D eigenvalue weighted by molar-refractivity contribution is 0.0970. The number of fused-ring (bicyclic) bond motifs is 1. The Labute approximate surface area is 156 Å². The van der Waals surface area contributed by atoms with Gasteiger partial charge in [0.1, 0.15) is 0 Å². The number of amides is 1. The van der Waals surface area contributed by atoms with Gasteiger partial charge in [0.2, 0.25) is 0 Å². The molecule has 130 valence electrons. The number of hydrogen-bond donors (Lipinski definition) is 0. The summed E-state index contributed by atoms with van der Waals surface area (Å²) in [5, 5.41) is 0. The molecule has 0 radical (unpaired) electrons. The van der Waals surface area contributed by atoms with Gasteiger partial charge in [-0.25, -0.2) is 8.42 Å². The molecule has 0 aliphatic heterocycles. The summed E-state index contributed by atoms with van der Waals surface area (Å²) >= 11 is 4.38. The molecule has 6 nitrogen and oxygen atoms in total. The van der Waals surface area contributed by atoms with Crippen molar-refractivity contribution in [1.29, 1.82) is 0 Å². The van der Waals surface area contributed by atoms with Crippen LogP contribution in [0, 0.1) is 0 Å². The molecule has 0 aliphatic carbocycles. The summed E-state index contributed by atoms with van der Waals surface area (Å²) in [6.45, 7) is 4.15. The summed E-state index contributed by atoms with van der Waals surface area (Å²) in [6, 6.07) is 7.98. The monoisotopic (exact) mass is 440 g/mol. The normalized spacial score (nSPS) is 12.6. The van der Waals surface area contributed by atoms with Crippen LogP contribution >= 0.6 is 27.3 Å². The molecule has 1 aromatic carbocycles. The first-order chi connectivity index (χ1) is 11.8. The number of benzene rings is 1. The molecule has 3 aromatic rings. The molecule has 0 spiro atoms. The van der Waals surface area contributed by atoms with Crippen molar-refractivity contribution < 1.29 is 17.6 Å². The predicted octanol–water partition coefficient (Wildman–Crippen LogP) is 3.39. The van der Waals surface area contributed by atoms with Crippen LogP contribution in [0.1, 0.15) is 10.6 Å². The molecular weight excluding hydrogens is 428 g/mol. The van der Waals surface area contributed by atoms with Crippen molar-refractivity contribution in [3.05, 3.63) is 58.2 Å². The third-order valence-corrected chi connectivity index (χ3v) is 5.95. The number of allylic oxidation sites excluding steroid dienone is 1. The van der Waals surface area contributed by atoms with Crippen LogP contribution in [0.3, 0.4) is 0 Å². The van der Waals surface area contributed by atoms with Crippen LogP contribution in [-0.4, -0.2) is 25.1 Å². The fourth-order valence-electron chi connectivity index (χ4n) is 2.25. The first-order valence-electron chi connectivity index (χ1n) is 7.08. The van der Waals surface area contributed by atoms with Gasteiger partial charge in [-0.15, -0.1) is 6.58 Å². The van der Waals surface area contributed by atoms with E-state index in [4.69, 9.17) is 4.42 Å². The van der Waals surface area contributed by atoms with Crippen LogP contribution in [0.25, 0.3) is 10.2 Å². The SMILES string of the molecule is C=CCn1c(=NC(=O)c2ccc(Br)o2)sc2cc(S(C)(=O)=O)ccc21. The fraction of sp³-hybridized carbons (Fsp3) is 0.125. The Hall–Kier alpha value is -1.97. The maximum absolute atomic E-state index is 12.3. The van der Waals surface area contributed by atoms with Crippen molar-refractivity contribution in [2.45, 2.75) is 11.4 Å². The number of carbonyl (C=O) groups excluding carboxylic acids is 1. The predicted molar refractivity (Wildman–Crippen MR) is 99.4 cm³/mol. The highest BCUT2D eigenvalue weighted by molar-refractivity contribution is 9.10. The largest absolute Gasteiger partial charge is 0.444 e. The Morgan fingerprint density at radius 1 is 1.40 bits per heavy atom. The Morgan fingerprint density at radius 2 is 2.16 bits per heavy atom. The van der Waals surface area contributed by atoms with Gasteiger partial charge in [-0.1, -0.05) is 17.4 Å². The number of nitrogens with zero attached hydrogens (tertiary/aromatic N) is 2. The zero-order valence-corrected chi connectivity index (χ0v) is 16.3.